The number of hydrogen-bond donors (Lipinski definition) is 2. The molecule has 1 amide bonds. The van der Waals surface area contributed by atoms with Crippen LogP contribution in [0.1, 0.15) is 43.2 Å². The normalized spacial score (nSPS) is 26.5. The van der Waals surface area contributed by atoms with Crippen LogP contribution in [0.3, 0.4) is 0 Å². The zero-order valence-corrected chi connectivity index (χ0v) is 14.3. The molecule has 2 aliphatic heterocycles. The second kappa shape index (κ2) is 7.45. The minimum atomic E-state index is 0.203. The third-order valence-electron chi connectivity index (χ3n) is 5.02. The van der Waals surface area contributed by atoms with Gasteiger partial charge in [-0.05, 0) is 56.8 Å². The van der Waals surface area contributed by atoms with Crippen molar-refractivity contribution in [3.05, 3.63) is 35.4 Å². The molecule has 1 aromatic rings. The fourth-order valence-electron chi connectivity index (χ4n) is 4.08. The molecule has 2 saturated heterocycles. The molecule has 0 aromatic heterocycles. The number of benzene rings is 1. The van der Waals surface area contributed by atoms with Crippen LogP contribution >= 0.6 is 0 Å². The molecule has 1 aromatic carbocycles. The van der Waals surface area contributed by atoms with Crippen LogP contribution < -0.4 is 10.6 Å². The lowest BCUT2D eigenvalue weighted by molar-refractivity contribution is -0.122. The number of rotatable bonds is 6. The molecule has 2 N–H and O–H groups in total. The van der Waals surface area contributed by atoms with Crippen molar-refractivity contribution in [3.63, 3.8) is 0 Å². The van der Waals surface area contributed by atoms with Crippen molar-refractivity contribution >= 4 is 5.91 Å². The Kier molecular flexibility index (Phi) is 5.34. The zero-order chi connectivity index (χ0) is 16.2. The maximum absolute atomic E-state index is 12.2. The summed E-state index contributed by atoms with van der Waals surface area (Å²) in [5.41, 5.74) is 2.47. The van der Waals surface area contributed by atoms with Gasteiger partial charge in [0.2, 0.25) is 5.91 Å². The van der Waals surface area contributed by atoms with E-state index in [4.69, 9.17) is 0 Å². The number of nitrogens with one attached hydrogen (secondary N) is 2. The van der Waals surface area contributed by atoms with E-state index in [1.807, 2.05) is 0 Å². The Bertz CT molecular complexity index is 531. The second-order valence-corrected chi connectivity index (χ2v) is 7.51. The molecule has 0 spiro atoms. The molecule has 2 bridgehead atoms. The quantitative estimate of drug-likeness (QED) is 0.846. The lowest BCUT2D eigenvalue weighted by Crippen LogP contribution is -2.39. The number of hydrogen-bond acceptors (Lipinski definition) is 3. The second-order valence-electron chi connectivity index (χ2n) is 7.51. The predicted octanol–water partition coefficient (Wildman–Crippen LogP) is 2.29. The van der Waals surface area contributed by atoms with Crippen LogP contribution in [0.25, 0.3) is 0 Å². The monoisotopic (exact) mass is 315 g/mol. The molecule has 0 saturated carbocycles. The van der Waals surface area contributed by atoms with Crippen LogP contribution in [0.4, 0.5) is 0 Å². The molecule has 0 radical (unpaired) electrons. The molecule has 2 atom stereocenters. The molecule has 2 aliphatic rings. The van der Waals surface area contributed by atoms with E-state index in [1.165, 1.54) is 36.8 Å². The van der Waals surface area contributed by atoms with Crippen molar-refractivity contribution in [1.29, 1.82) is 0 Å². The average Bonchev–Trinajstić information content (AvgIpc) is 2.84. The van der Waals surface area contributed by atoms with Gasteiger partial charge >= 0.3 is 0 Å². The Morgan fingerprint density at radius 1 is 1.22 bits per heavy atom. The van der Waals surface area contributed by atoms with E-state index in [0.29, 0.717) is 31.0 Å². The summed E-state index contributed by atoms with van der Waals surface area (Å²) in [5, 5.41) is 6.74. The largest absolute Gasteiger partial charge is 0.352 e. The number of amides is 1. The highest BCUT2D eigenvalue weighted by atomic mass is 16.1. The van der Waals surface area contributed by atoms with Gasteiger partial charge < -0.3 is 15.5 Å². The molecule has 3 rings (SSSR count). The predicted molar refractivity (Wildman–Crippen MR) is 93.0 cm³/mol. The number of carbonyl (C=O) groups is 1. The summed E-state index contributed by atoms with van der Waals surface area (Å²) in [6.07, 6.45) is 5.61. The van der Waals surface area contributed by atoms with Gasteiger partial charge in [0.05, 0.1) is 0 Å². The molecule has 23 heavy (non-hydrogen) atoms. The number of fused-ring (bicyclic) bond motifs is 2. The van der Waals surface area contributed by atoms with Gasteiger partial charge in [-0.1, -0.05) is 24.3 Å². The van der Waals surface area contributed by atoms with Crippen molar-refractivity contribution in [2.75, 3.05) is 14.1 Å². The van der Waals surface area contributed by atoms with Crippen LogP contribution in [0.5, 0.6) is 0 Å². The lowest BCUT2D eigenvalue weighted by Gasteiger charge is -2.28. The van der Waals surface area contributed by atoms with Crippen LogP contribution in [0.2, 0.25) is 0 Å². The van der Waals surface area contributed by atoms with Crippen LogP contribution in [0.15, 0.2) is 24.3 Å². The van der Waals surface area contributed by atoms with E-state index in [0.717, 1.165) is 6.54 Å². The maximum Gasteiger partial charge on any atom is 0.220 e. The Labute approximate surface area is 139 Å². The first-order chi connectivity index (χ1) is 11.1. The minimum Gasteiger partial charge on any atom is -0.352 e. The van der Waals surface area contributed by atoms with Crippen LogP contribution in [-0.2, 0) is 17.9 Å². The summed E-state index contributed by atoms with van der Waals surface area (Å²) < 4.78 is 0. The van der Waals surface area contributed by atoms with E-state index in [2.05, 4.69) is 53.9 Å². The van der Waals surface area contributed by atoms with Gasteiger partial charge in [0.15, 0.2) is 0 Å². The van der Waals surface area contributed by atoms with E-state index in [1.54, 1.807) is 0 Å². The average molecular weight is 315 g/mol. The summed E-state index contributed by atoms with van der Waals surface area (Å²) in [4.78, 5) is 14.4. The van der Waals surface area contributed by atoms with E-state index < -0.39 is 0 Å². The Morgan fingerprint density at radius 2 is 1.91 bits per heavy atom. The molecule has 0 aliphatic carbocycles. The van der Waals surface area contributed by atoms with Gasteiger partial charge in [-0.15, -0.1) is 0 Å². The highest BCUT2D eigenvalue weighted by Gasteiger charge is 2.34. The standard InChI is InChI=1S/C19H29N3O/c1-22(2)13-15-5-3-4-14(8-15)12-20-19(23)11-16-9-17-6-7-18(10-16)21-17/h3-5,8,16-18,21H,6-7,9-13H2,1-2H3,(H,20,23). The van der Waals surface area contributed by atoms with Crippen LogP contribution in [-0.4, -0.2) is 37.0 Å². The highest BCUT2D eigenvalue weighted by Crippen LogP contribution is 2.32. The summed E-state index contributed by atoms with van der Waals surface area (Å²) in [7, 11) is 4.14. The number of carbonyl (C=O) groups excluding carboxylic acids is 1. The first-order valence-electron chi connectivity index (χ1n) is 8.84. The van der Waals surface area contributed by atoms with E-state index >= 15 is 0 Å². The third kappa shape index (κ3) is 4.79. The fourth-order valence-corrected chi connectivity index (χ4v) is 4.08. The van der Waals surface area contributed by atoms with Crippen molar-refractivity contribution < 1.29 is 4.79 Å². The Hall–Kier alpha value is -1.39. The molecule has 4 nitrogen and oxygen atoms in total. The summed E-state index contributed by atoms with van der Waals surface area (Å²) in [6.45, 7) is 1.57. The highest BCUT2D eigenvalue weighted by molar-refractivity contribution is 5.76. The third-order valence-corrected chi connectivity index (χ3v) is 5.02. The van der Waals surface area contributed by atoms with Gasteiger partial charge in [0.1, 0.15) is 0 Å². The Balaban J connectivity index is 1.45. The van der Waals surface area contributed by atoms with Gasteiger partial charge in [-0.3, -0.25) is 4.79 Å². The van der Waals surface area contributed by atoms with E-state index in [9.17, 15) is 4.79 Å². The first kappa shape index (κ1) is 16.5. The fraction of sp³-hybridized carbons (Fsp3) is 0.632. The van der Waals surface area contributed by atoms with Crippen molar-refractivity contribution in [2.24, 2.45) is 5.92 Å². The van der Waals surface area contributed by atoms with Crippen molar-refractivity contribution in [3.8, 4) is 0 Å². The first-order valence-corrected chi connectivity index (χ1v) is 8.84. The van der Waals surface area contributed by atoms with E-state index in [-0.39, 0.29) is 5.91 Å². The van der Waals surface area contributed by atoms with Gasteiger partial charge in [0.25, 0.3) is 0 Å². The molecule has 2 unspecified atom stereocenters. The molecule has 126 valence electrons. The lowest BCUT2D eigenvalue weighted by atomic mass is 9.89. The molecule has 4 heteroatoms. The zero-order valence-electron chi connectivity index (χ0n) is 14.3. The topological polar surface area (TPSA) is 44.4 Å². The number of nitrogens with zero attached hydrogens (tertiary/aromatic N) is 1. The van der Waals surface area contributed by atoms with Gasteiger partial charge in [0, 0.05) is 31.6 Å². The summed E-state index contributed by atoms with van der Waals surface area (Å²) >= 11 is 0. The van der Waals surface area contributed by atoms with Crippen molar-refractivity contribution in [1.82, 2.24) is 15.5 Å². The number of piperidine rings is 1. The Morgan fingerprint density at radius 3 is 2.61 bits per heavy atom. The SMILES string of the molecule is CN(C)Cc1cccc(CNC(=O)CC2CC3CCC(C2)N3)c1. The molecule has 2 fully saturated rings. The summed E-state index contributed by atoms with van der Waals surface area (Å²) in [5.74, 6) is 0.767. The van der Waals surface area contributed by atoms with Crippen molar-refractivity contribution in [2.45, 2.75) is 57.3 Å². The molecule has 2 heterocycles. The van der Waals surface area contributed by atoms with Crippen LogP contribution in [0, 0.1) is 5.92 Å². The maximum atomic E-state index is 12.2. The minimum absolute atomic E-state index is 0.203. The molecular formula is C19H29N3O. The molecular weight excluding hydrogens is 286 g/mol. The summed E-state index contributed by atoms with van der Waals surface area (Å²) in [6, 6.07) is 9.81. The van der Waals surface area contributed by atoms with Gasteiger partial charge in [-0.25, -0.2) is 0 Å². The van der Waals surface area contributed by atoms with Gasteiger partial charge in [-0.2, -0.15) is 0 Å². The smallest absolute Gasteiger partial charge is 0.220 e.